The molecule has 0 saturated heterocycles. The quantitative estimate of drug-likeness (QED) is 0.201. The summed E-state index contributed by atoms with van der Waals surface area (Å²) < 4.78 is 32.6. The number of amidine groups is 1. The standard InChI is InChI=1S/C23H28N4O5S/c1-2-3-10-33(30,31)27-21(23(28)29)11-17-13-26-20-9-8-18(12-19(17)20)32-14-15-4-6-16(7-5-15)22(24)25/h4-9,12-13,21,26-27H,2-3,10-11,14H2,1H3,(H3,24,25)(H,28,29)/t21-/m0/s1. The molecule has 0 aliphatic carbocycles. The average Bonchev–Trinajstić information content (AvgIpc) is 3.18. The van der Waals surface area contributed by atoms with Crippen LogP contribution in [0, 0.1) is 5.41 Å². The Hall–Kier alpha value is -3.37. The van der Waals surface area contributed by atoms with Crippen molar-refractivity contribution in [2.24, 2.45) is 5.73 Å². The molecule has 3 aromatic rings. The number of nitrogens with one attached hydrogen (secondary N) is 3. The van der Waals surface area contributed by atoms with Crippen LogP contribution in [0.25, 0.3) is 10.9 Å². The number of carbonyl (C=O) groups is 1. The van der Waals surface area contributed by atoms with E-state index in [0.29, 0.717) is 36.3 Å². The molecule has 0 saturated carbocycles. The lowest BCUT2D eigenvalue weighted by molar-refractivity contribution is -0.138. The summed E-state index contributed by atoms with van der Waals surface area (Å²) in [5.41, 5.74) is 8.47. The summed E-state index contributed by atoms with van der Waals surface area (Å²) in [6, 6.07) is 11.3. The maximum absolute atomic E-state index is 12.2. The molecule has 2 aromatic carbocycles. The van der Waals surface area contributed by atoms with Crippen molar-refractivity contribution in [2.75, 3.05) is 5.75 Å². The highest BCUT2D eigenvalue weighted by molar-refractivity contribution is 7.89. The lowest BCUT2D eigenvalue weighted by Crippen LogP contribution is -2.43. The average molecular weight is 473 g/mol. The summed E-state index contributed by atoms with van der Waals surface area (Å²) >= 11 is 0. The number of H-pyrrole nitrogens is 1. The van der Waals surface area contributed by atoms with Gasteiger partial charge in [0, 0.05) is 29.1 Å². The second kappa shape index (κ2) is 10.5. The number of nitrogen functional groups attached to an aromatic ring is 1. The molecule has 1 atom stereocenters. The van der Waals surface area contributed by atoms with Gasteiger partial charge in [0.15, 0.2) is 0 Å². The number of hydrogen-bond acceptors (Lipinski definition) is 5. The normalized spacial score (nSPS) is 12.5. The van der Waals surface area contributed by atoms with Gasteiger partial charge < -0.3 is 20.6 Å². The highest BCUT2D eigenvalue weighted by Crippen LogP contribution is 2.25. The van der Waals surface area contributed by atoms with Crippen LogP contribution in [0.3, 0.4) is 0 Å². The molecule has 0 radical (unpaired) electrons. The fraction of sp³-hybridized carbons (Fsp3) is 0.304. The zero-order valence-corrected chi connectivity index (χ0v) is 19.1. The van der Waals surface area contributed by atoms with E-state index in [2.05, 4.69) is 9.71 Å². The Labute approximate surface area is 192 Å². The molecule has 0 bridgehead atoms. The molecular formula is C23H28N4O5S. The van der Waals surface area contributed by atoms with Crippen LogP contribution >= 0.6 is 0 Å². The summed E-state index contributed by atoms with van der Waals surface area (Å²) in [5, 5.41) is 17.8. The molecule has 33 heavy (non-hydrogen) atoms. The van der Waals surface area contributed by atoms with Crippen LogP contribution in [0.4, 0.5) is 0 Å². The molecule has 0 aliphatic rings. The van der Waals surface area contributed by atoms with Crippen molar-refractivity contribution >= 4 is 32.7 Å². The zero-order valence-electron chi connectivity index (χ0n) is 18.3. The number of carboxylic acids is 1. The Bertz CT molecular complexity index is 1240. The summed E-state index contributed by atoms with van der Waals surface area (Å²) in [6.07, 6.45) is 2.85. The van der Waals surface area contributed by atoms with E-state index in [1.807, 2.05) is 25.1 Å². The van der Waals surface area contributed by atoms with Crippen LogP contribution in [0.1, 0.15) is 36.5 Å². The Morgan fingerprint density at radius 2 is 1.97 bits per heavy atom. The fourth-order valence-corrected chi connectivity index (χ4v) is 4.78. The van der Waals surface area contributed by atoms with Crippen molar-refractivity contribution in [3.05, 3.63) is 65.4 Å². The summed E-state index contributed by atoms with van der Waals surface area (Å²) in [7, 11) is -3.69. The molecule has 1 aromatic heterocycles. The van der Waals surface area contributed by atoms with Crippen LogP contribution in [-0.4, -0.2) is 42.1 Å². The Kier molecular flexibility index (Phi) is 7.72. The van der Waals surface area contributed by atoms with Crippen LogP contribution in [-0.2, 0) is 27.8 Å². The van der Waals surface area contributed by atoms with Crippen LogP contribution < -0.4 is 15.2 Å². The lowest BCUT2D eigenvalue weighted by Gasteiger charge is -2.14. The molecule has 1 heterocycles. The highest BCUT2D eigenvalue weighted by atomic mass is 32.2. The molecule has 0 spiro atoms. The Morgan fingerprint density at radius 1 is 1.24 bits per heavy atom. The number of unbranched alkanes of at least 4 members (excludes halogenated alkanes) is 1. The van der Waals surface area contributed by atoms with Gasteiger partial charge in [-0.1, -0.05) is 37.6 Å². The second-order valence-corrected chi connectivity index (χ2v) is 9.68. The molecule has 176 valence electrons. The van der Waals surface area contributed by atoms with Crippen molar-refractivity contribution in [1.82, 2.24) is 9.71 Å². The van der Waals surface area contributed by atoms with E-state index < -0.39 is 22.0 Å². The van der Waals surface area contributed by atoms with Crippen molar-refractivity contribution in [2.45, 2.75) is 38.8 Å². The lowest BCUT2D eigenvalue weighted by atomic mass is 10.1. The van der Waals surface area contributed by atoms with E-state index in [9.17, 15) is 18.3 Å². The number of carboxylic acid groups (broad SMARTS) is 1. The van der Waals surface area contributed by atoms with E-state index in [1.165, 1.54) is 0 Å². The maximum atomic E-state index is 12.2. The minimum Gasteiger partial charge on any atom is -0.489 e. The van der Waals surface area contributed by atoms with Crippen molar-refractivity contribution in [3.8, 4) is 5.75 Å². The van der Waals surface area contributed by atoms with Crippen LogP contribution in [0.2, 0.25) is 0 Å². The predicted molar refractivity (Wildman–Crippen MR) is 127 cm³/mol. The van der Waals surface area contributed by atoms with Gasteiger partial charge in [-0.25, -0.2) is 13.1 Å². The van der Waals surface area contributed by atoms with Crippen molar-refractivity contribution in [3.63, 3.8) is 0 Å². The molecule has 0 amide bonds. The predicted octanol–water partition coefficient (Wildman–Crippen LogP) is 2.75. The van der Waals surface area contributed by atoms with E-state index >= 15 is 0 Å². The number of benzene rings is 2. The van der Waals surface area contributed by atoms with Gasteiger partial charge in [0.25, 0.3) is 0 Å². The largest absolute Gasteiger partial charge is 0.489 e. The van der Waals surface area contributed by atoms with E-state index in [1.54, 1.807) is 30.5 Å². The van der Waals surface area contributed by atoms with Crippen molar-refractivity contribution < 1.29 is 23.1 Å². The number of hydrogen-bond donors (Lipinski definition) is 5. The first-order valence-electron chi connectivity index (χ1n) is 10.6. The number of sulfonamides is 1. The molecule has 10 heteroatoms. The first-order chi connectivity index (χ1) is 15.7. The number of rotatable bonds is 12. The molecular weight excluding hydrogens is 444 g/mol. The van der Waals surface area contributed by atoms with Gasteiger partial charge in [0.05, 0.1) is 5.75 Å². The SMILES string of the molecule is CCCCS(=O)(=O)N[C@@H](Cc1c[nH]c2ccc(OCc3ccc(C(=N)N)cc3)cc12)C(=O)O. The number of aromatic nitrogens is 1. The number of aromatic amines is 1. The Morgan fingerprint density at radius 3 is 2.61 bits per heavy atom. The third-order valence-corrected chi connectivity index (χ3v) is 6.69. The second-order valence-electron chi connectivity index (χ2n) is 7.81. The molecule has 3 rings (SSSR count). The monoisotopic (exact) mass is 472 g/mol. The van der Waals surface area contributed by atoms with E-state index in [0.717, 1.165) is 16.5 Å². The molecule has 6 N–H and O–H groups in total. The van der Waals surface area contributed by atoms with Crippen LogP contribution in [0.5, 0.6) is 5.75 Å². The topological polar surface area (TPSA) is 158 Å². The Balaban J connectivity index is 1.74. The van der Waals surface area contributed by atoms with E-state index in [4.69, 9.17) is 15.9 Å². The zero-order chi connectivity index (χ0) is 24.0. The summed E-state index contributed by atoms with van der Waals surface area (Å²) in [6.45, 7) is 2.18. The first-order valence-corrected chi connectivity index (χ1v) is 12.2. The van der Waals surface area contributed by atoms with Gasteiger partial charge in [0.2, 0.25) is 10.0 Å². The van der Waals surface area contributed by atoms with Crippen molar-refractivity contribution in [1.29, 1.82) is 5.41 Å². The molecule has 9 nitrogen and oxygen atoms in total. The maximum Gasteiger partial charge on any atom is 0.322 e. The highest BCUT2D eigenvalue weighted by Gasteiger charge is 2.25. The number of ether oxygens (including phenoxy) is 1. The minimum absolute atomic E-state index is 0.000209. The van der Waals surface area contributed by atoms with Gasteiger partial charge >= 0.3 is 5.97 Å². The molecule has 0 aliphatic heterocycles. The minimum atomic E-state index is -3.69. The molecule has 0 fully saturated rings. The van der Waals surface area contributed by atoms with Gasteiger partial charge in [-0.05, 0) is 35.7 Å². The molecule has 0 unspecified atom stereocenters. The smallest absolute Gasteiger partial charge is 0.322 e. The van der Waals surface area contributed by atoms with Gasteiger partial charge in [0.1, 0.15) is 24.2 Å². The van der Waals surface area contributed by atoms with E-state index in [-0.39, 0.29) is 18.0 Å². The van der Waals surface area contributed by atoms with Gasteiger partial charge in [-0.2, -0.15) is 0 Å². The summed E-state index contributed by atoms with van der Waals surface area (Å²) in [4.78, 5) is 14.8. The van der Waals surface area contributed by atoms with Gasteiger partial charge in [-0.3, -0.25) is 10.2 Å². The van der Waals surface area contributed by atoms with Crippen LogP contribution in [0.15, 0.2) is 48.7 Å². The third kappa shape index (κ3) is 6.56. The number of fused-ring (bicyclic) bond motifs is 1. The summed E-state index contributed by atoms with van der Waals surface area (Å²) in [5.74, 6) is -0.743. The number of aliphatic carboxylic acids is 1. The number of nitrogens with two attached hydrogens (primary N) is 1. The van der Waals surface area contributed by atoms with Gasteiger partial charge in [-0.15, -0.1) is 0 Å². The fourth-order valence-electron chi connectivity index (χ4n) is 3.37. The first kappa shape index (κ1) is 24.3. The third-order valence-electron chi connectivity index (χ3n) is 5.22.